The fraction of sp³-hybridized carbons (Fsp3) is 0.714. The van der Waals surface area contributed by atoms with Gasteiger partial charge in [-0.25, -0.2) is 0 Å². The van der Waals surface area contributed by atoms with Crippen LogP contribution in [0.2, 0.25) is 0 Å². The molecule has 0 spiro atoms. The lowest BCUT2D eigenvalue weighted by Crippen LogP contribution is -2.37. The van der Waals surface area contributed by atoms with Gasteiger partial charge in [0.1, 0.15) is 0 Å². The number of aromatic nitrogens is 2. The fourth-order valence-electron chi connectivity index (χ4n) is 1.53. The zero-order valence-electron chi connectivity index (χ0n) is 12.8. The van der Waals surface area contributed by atoms with Crippen LogP contribution in [0.1, 0.15) is 53.7 Å². The van der Waals surface area contributed by atoms with Gasteiger partial charge in [0.15, 0.2) is 5.82 Å². The van der Waals surface area contributed by atoms with Gasteiger partial charge in [0.2, 0.25) is 5.91 Å². The molecule has 0 atom stereocenters. The molecule has 0 radical (unpaired) electrons. The Bertz CT molecular complexity index is 423. The maximum absolute atomic E-state index is 11.8. The molecule has 0 aromatic carbocycles. The summed E-state index contributed by atoms with van der Waals surface area (Å²) in [6.07, 6.45) is 0.439. The second kappa shape index (κ2) is 5.74. The first-order valence-corrected chi connectivity index (χ1v) is 6.69. The molecule has 0 unspecified atom stereocenters. The summed E-state index contributed by atoms with van der Waals surface area (Å²) in [6.45, 7) is 13.2. The Morgan fingerprint density at radius 1 is 1.26 bits per heavy atom. The third-order valence-electron chi connectivity index (χ3n) is 2.66. The lowest BCUT2D eigenvalue weighted by atomic mass is 9.92. The fourth-order valence-corrected chi connectivity index (χ4v) is 1.53. The summed E-state index contributed by atoms with van der Waals surface area (Å²) >= 11 is 0. The standard InChI is InChI=1S/C14H26N4O/c1-13(2,3)10-9-11(18-17-10)16-12(19)7-8-15-14(4,5)6/h9,15H,7-8H2,1-6H3,(H2,16,17,18,19). The van der Waals surface area contributed by atoms with Crippen LogP contribution in [0.15, 0.2) is 6.07 Å². The van der Waals surface area contributed by atoms with E-state index in [2.05, 4.69) is 62.4 Å². The van der Waals surface area contributed by atoms with Crippen molar-refractivity contribution in [3.8, 4) is 0 Å². The van der Waals surface area contributed by atoms with E-state index in [4.69, 9.17) is 0 Å². The maximum atomic E-state index is 11.8. The molecule has 3 N–H and O–H groups in total. The number of anilines is 1. The van der Waals surface area contributed by atoms with Gasteiger partial charge < -0.3 is 10.6 Å². The van der Waals surface area contributed by atoms with E-state index in [1.165, 1.54) is 0 Å². The van der Waals surface area contributed by atoms with Gasteiger partial charge in [0.25, 0.3) is 0 Å². The molecule has 0 aliphatic carbocycles. The predicted molar refractivity (Wildman–Crippen MR) is 78.3 cm³/mol. The average molecular weight is 266 g/mol. The minimum absolute atomic E-state index is 0.00374. The molecule has 19 heavy (non-hydrogen) atoms. The van der Waals surface area contributed by atoms with E-state index < -0.39 is 0 Å². The highest BCUT2D eigenvalue weighted by Gasteiger charge is 2.17. The molecule has 1 aromatic heterocycles. The number of hydrogen-bond acceptors (Lipinski definition) is 3. The van der Waals surface area contributed by atoms with Crippen molar-refractivity contribution in [3.05, 3.63) is 11.8 Å². The number of nitrogens with zero attached hydrogens (tertiary/aromatic N) is 1. The van der Waals surface area contributed by atoms with Crippen molar-refractivity contribution in [2.45, 2.75) is 58.9 Å². The molecule has 0 saturated carbocycles. The van der Waals surface area contributed by atoms with E-state index in [0.29, 0.717) is 18.8 Å². The molecule has 0 aliphatic rings. The Hall–Kier alpha value is -1.36. The third kappa shape index (κ3) is 5.87. The lowest BCUT2D eigenvalue weighted by Gasteiger charge is -2.20. The van der Waals surface area contributed by atoms with E-state index in [1.807, 2.05) is 6.07 Å². The highest BCUT2D eigenvalue weighted by atomic mass is 16.1. The smallest absolute Gasteiger partial charge is 0.226 e. The second-order valence-electron chi connectivity index (χ2n) is 6.89. The van der Waals surface area contributed by atoms with E-state index in [-0.39, 0.29) is 16.9 Å². The van der Waals surface area contributed by atoms with Gasteiger partial charge in [0, 0.05) is 35.7 Å². The minimum Gasteiger partial charge on any atom is -0.312 e. The summed E-state index contributed by atoms with van der Waals surface area (Å²) in [5, 5.41) is 13.1. The van der Waals surface area contributed by atoms with Gasteiger partial charge in [-0.15, -0.1) is 0 Å². The van der Waals surface area contributed by atoms with E-state index in [1.54, 1.807) is 0 Å². The Morgan fingerprint density at radius 2 is 1.89 bits per heavy atom. The number of rotatable bonds is 4. The monoisotopic (exact) mass is 266 g/mol. The van der Waals surface area contributed by atoms with Gasteiger partial charge in [-0.3, -0.25) is 9.89 Å². The van der Waals surface area contributed by atoms with Gasteiger partial charge in [-0.1, -0.05) is 20.8 Å². The summed E-state index contributed by atoms with van der Waals surface area (Å²) in [5.41, 5.74) is 1.05. The van der Waals surface area contributed by atoms with Crippen molar-refractivity contribution < 1.29 is 4.79 Å². The topological polar surface area (TPSA) is 69.8 Å². The third-order valence-corrected chi connectivity index (χ3v) is 2.66. The molecule has 0 saturated heterocycles. The van der Waals surface area contributed by atoms with Crippen LogP contribution in [0.4, 0.5) is 5.82 Å². The number of aromatic amines is 1. The van der Waals surface area contributed by atoms with Gasteiger partial charge in [-0.2, -0.15) is 5.10 Å². The van der Waals surface area contributed by atoms with Crippen LogP contribution >= 0.6 is 0 Å². The van der Waals surface area contributed by atoms with Gasteiger partial charge in [-0.05, 0) is 20.8 Å². The molecule has 5 nitrogen and oxygen atoms in total. The van der Waals surface area contributed by atoms with Crippen molar-refractivity contribution in [2.24, 2.45) is 0 Å². The van der Waals surface area contributed by atoms with Crippen LogP contribution in [0.5, 0.6) is 0 Å². The van der Waals surface area contributed by atoms with Crippen LogP contribution < -0.4 is 10.6 Å². The number of carbonyl (C=O) groups is 1. The van der Waals surface area contributed by atoms with Crippen LogP contribution in [0, 0.1) is 0 Å². The molecule has 1 amide bonds. The van der Waals surface area contributed by atoms with Crippen molar-refractivity contribution in [3.63, 3.8) is 0 Å². The predicted octanol–water partition coefficient (Wildman–Crippen LogP) is 2.42. The molecular weight excluding hydrogens is 240 g/mol. The molecule has 0 aliphatic heterocycles. The van der Waals surface area contributed by atoms with E-state index >= 15 is 0 Å². The summed E-state index contributed by atoms with van der Waals surface area (Å²) in [6, 6.07) is 1.88. The number of hydrogen-bond donors (Lipinski definition) is 3. The molecule has 1 rings (SSSR count). The van der Waals surface area contributed by atoms with Crippen molar-refractivity contribution in [1.29, 1.82) is 0 Å². The zero-order valence-corrected chi connectivity index (χ0v) is 12.8. The first kappa shape index (κ1) is 15.7. The Morgan fingerprint density at radius 3 is 2.37 bits per heavy atom. The van der Waals surface area contributed by atoms with Gasteiger partial charge in [0.05, 0.1) is 0 Å². The molecule has 1 aromatic rings. The number of nitrogens with one attached hydrogen (secondary N) is 3. The van der Waals surface area contributed by atoms with Crippen molar-refractivity contribution in [2.75, 3.05) is 11.9 Å². The molecule has 1 heterocycles. The Balaban J connectivity index is 2.43. The highest BCUT2D eigenvalue weighted by molar-refractivity contribution is 5.89. The normalized spacial score (nSPS) is 12.5. The van der Waals surface area contributed by atoms with Crippen molar-refractivity contribution in [1.82, 2.24) is 15.5 Å². The number of carbonyl (C=O) groups excluding carboxylic acids is 1. The zero-order chi connectivity index (χ0) is 14.7. The minimum atomic E-state index is -0.0243. The first-order valence-electron chi connectivity index (χ1n) is 6.69. The average Bonchev–Trinajstić information content (AvgIpc) is 2.63. The number of amides is 1. The quantitative estimate of drug-likeness (QED) is 0.784. The summed E-state index contributed by atoms with van der Waals surface area (Å²) in [5.74, 6) is 0.564. The Labute approximate surface area is 115 Å². The molecular formula is C14H26N4O. The molecule has 0 fully saturated rings. The van der Waals surface area contributed by atoms with Crippen LogP contribution in [-0.2, 0) is 10.2 Å². The SMILES string of the molecule is CC(C)(C)NCCC(=O)Nc1cc(C(C)(C)C)[nH]n1. The van der Waals surface area contributed by atoms with Crippen LogP contribution in [0.25, 0.3) is 0 Å². The summed E-state index contributed by atoms with van der Waals surface area (Å²) < 4.78 is 0. The maximum Gasteiger partial charge on any atom is 0.226 e. The lowest BCUT2D eigenvalue weighted by molar-refractivity contribution is -0.116. The highest BCUT2D eigenvalue weighted by Crippen LogP contribution is 2.21. The largest absolute Gasteiger partial charge is 0.312 e. The second-order valence-corrected chi connectivity index (χ2v) is 6.89. The Kier molecular flexibility index (Phi) is 4.74. The summed E-state index contributed by atoms with van der Waals surface area (Å²) in [7, 11) is 0. The van der Waals surface area contributed by atoms with Crippen LogP contribution in [-0.4, -0.2) is 28.2 Å². The molecule has 108 valence electrons. The molecule has 0 bridgehead atoms. The van der Waals surface area contributed by atoms with E-state index in [9.17, 15) is 4.79 Å². The first-order chi connectivity index (χ1) is 8.58. The van der Waals surface area contributed by atoms with Crippen molar-refractivity contribution >= 4 is 11.7 Å². The summed E-state index contributed by atoms with van der Waals surface area (Å²) in [4.78, 5) is 11.8. The van der Waals surface area contributed by atoms with E-state index in [0.717, 1.165) is 5.69 Å². The number of H-pyrrole nitrogens is 1. The molecule has 5 heteroatoms. The van der Waals surface area contributed by atoms with Gasteiger partial charge >= 0.3 is 0 Å². The van der Waals surface area contributed by atoms with Crippen LogP contribution in [0.3, 0.4) is 0 Å².